The van der Waals surface area contributed by atoms with Gasteiger partial charge < -0.3 is 14.2 Å². The minimum absolute atomic E-state index is 0.0423. The molecule has 3 aromatic heterocycles. The lowest BCUT2D eigenvalue weighted by Gasteiger charge is -2.24. The van der Waals surface area contributed by atoms with Gasteiger partial charge >= 0.3 is 0 Å². The standard InChI is InChI=1S/C20H24N6O3/c27-19(25-10-4-12-28-17(14-25)15-26-11-3-9-22-26)7-1-6-18-23-20(24-29-18)16-5-2-8-21-13-16/h2-3,5,8-9,11,13,17H,1,4,6-7,10,12,14-15H2/t17-/m1/s1. The first-order valence-electron chi connectivity index (χ1n) is 9.88. The van der Waals surface area contributed by atoms with Crippen LogP contribution in [-0.4, -0.2) is 61.5 Å². The fourth-order valence-electron chi connectivity index (χ4n) is 3.37. The molecule has 1 aliphatic heterocycles. The predicted molar refractivity (Wildman–Crippen MR) is 104 cm³/mol. The Morgan fingerprint density at radius 3 is 3.07 bits per heavy atom. The molecule has 0 aromatic carbocycles. The van der Waals surface area contributed by atoms with Crippen molar-refractivity contribution in [1.29, 1.82) is 0 Å². The molecule has 1 saturated heterocycles. The number of hydrogen-bond acceptors (Lipinski definition) is 7. The summed E-state index contributed by atoms with van der Waals surface area (Å²) in [5.74, 6) is 1.19. The number of nitrogens with zero attached hydrogens (tertiary/aromatic N) is 6. The number of aromatic nitrogens is 5. The summed E-state index contributed by atoms with van der Waals surface area (Å²) in [7, 11) is 0. The highest BCUT2D eigenvalue weighted by atomic mass is 16.5. The van der Waals surface area contributed by atoms with Crippen LogP contribution in [0.3, 0.4) is 0 Å². The minimum Gasteiger partial charge on any atom is -0.374 e. The molecular formula is C20H24N6O3. The molecule has 0 bridgehead atoms. The molecule has 9 heteroatoms. The van der Waals surface area contributed by atoms with Gasteiger partial charge in [-0.05, 0) is 31.0 Å². The smallest absolute Gasteiger partial charge is 0.226 e. The van der Waals surface area contributed by atoms with Crippen molar-refractivity contribution in [3.05, 3.63) is 48.9 Å². The molecular weight excluding hydrogens is 372 g/mol. The van der Waals surface area contributed by atoms with Crippen LogP contribution in [0.2, 0.25) is 0 Å². The Morgan fingerprint density at radius 1 is 1.28 bits per heavy atom. The van der Waals surface area contributed by atoms with Crippen LogP contribution < -0.4 is 0 Å². The third kappa shape index (κ3) is 5.26. The SMILES string of the molecule is O=C(CCCc1nc(-c2cccnc2)no1)N1CCCO[C@@H](Cn2cccn2)C1. The Labute approximate surface area is 168 Å². The van der Waals surface area contributed by atoms with Gasteiger partial charge in [0.15, 0.2) is 0 Å². The number of ether oxygens (including phenoxy) is 1. The number of carbonyl (C=O) groups is 1. The minimum atomic E-state index is -0.0423. The second-order valence-corrected chi connectivity index (χ2v) is 7.02. The van der Waals surface area contributed by atoms with Crippen LogP contribution in [0.15, 0.2) is 47.5 Å². The van der Waals surface area contributed by atoms with Crippen LogP contribution in [0.25, 0.3) is 11.4 Å². The van der Waals surface area contributed by atoms with Gasteiger partial charge in [0.1, 0.15) is 0 Å². The molecule has 29 heavy (non-hydrogen) atoms. The maximum absolute atomic E-state index is 12.7. The summed E-state index contributed by atoms with van der Waals surface area (Å²) in [6, 6.07) is 5.59. The number of rotatable bonds is 7. The molecule has 0 unspecified atom stereocenters. The number of carbonyl (C=O) groups excluding carboxylic acids is 1. The van der Waals surface area contributed by atoms with Gasteiger partial charge in [-0.15, -0.1) is 0 Å². The summed E-state index contributed by atoms with van der Waals surface area (Å²) in [5.41, 5.74) is 0.811. The zero-order valence-corrected chi connectivity index (χ0v) is 16.2. The van der Waals surface area contributed by atoms with E-state index in [-0.39, 0.29) is 12.0 Å². The van der Waals surface area contributed by atoms with Crippen LogP contribution in [0.1, 0.15) is 25.2 Å². The van der Waals surface area contributed by atoms with Crippen molar-refractivity contribution in [2.75, 3.05) is 19.7 Å². The molecule has 1 fully saturated rings. The number of amides is 1. The largest absolute Gasteiger partial charge is 0.374 e. The Balaban J connectivity index is 1.26. The van der Waals surface area contributed by atoms with Crippen molar-refractivity contribution in [1.82, 2.24) is 29.8 Å². The van der Waals surface area contributed by atoms with Crippen LogP contribution in [0, 0.1) is 0 Å². The predicted octanol–water partition coefficient (Wildman–Crippen LogP) is 1.97. The zero-order valence-electron chi connectivity index (χ0n) is 16.2. The molecule has 1 aliphatic rings. The maximum atomic E-state index is 12.7. The Morgan fingerprint density at radius 2 is 2.24 bits per heavy atom. The fraction of sp³-hybridized carbons (Fsp3) is 0.450. The molecule has 0 aliphatic carbocycles. The molecule has 1 amide bonds. The molecule has 0 N–H and O–H groups in total. The Hall–Kier alpha value is -3.07. The average molecular weight is 396 g/mol. The summed E-state index contributed by atoms with van der Waals surface area (Å²) in [4.78, 5) is 23.0. The van der Waals surface area contributed by atoms with E-state index >= 15 is 0 Å². The highest BCUT2D eigenvalue weighted by molar-refractivity contribution is 5.76. The summed E-state index contributed by atoms with van der Waals surface area (Å²) >= 11 is 0. The van der Waals surface area contributed by atoms with E-state index in [0.717, 1.165) is 18.5 Å². The Kier molecular flexibility index (Phi) is 6.25. The highest BCUT2D eigenvalue weighted by Crippen LogP contribution is 2.15. The average Bonchev–Trinajstić information content (AvgIpc) is 3.37. The lowest BCUT2D eigenvalue weighted by molar-refractivity contribution is -0.132. The van der Waals surface area contributed by atoms with E-state index in [4.69, 9.17) is 9.26 Å². The normalized spacial score (nSPS) is 17.2. The fourth-order valence-corrected chi connectivity index (χ4v) is 3.37. The quantitative estimate of drug-likeness (QED) is 0.602. The molecule has 152 valence electrons. The van der Waals surface area contributed by atoms with Gasteiger partial charge in [-0.2, -0.15) is 10.1 Å². The van der Waals surface area contributed by atoms with E-state index in [1.54, 1.807) is 18.6 Å². The van der Waals surface area contributed by atoms with Gasteiger partial charge in [0.05, 0.1) is 12.6 Å². The lowest BCUT2D eigenvalue weighted by Crippen LogP contribution is -2.38. The second-order valence-electron chi connectivity index (χ2n) is 7.02. The van der Waals surface area contributed by atoms with Gasteiger partial charge in [0.25, 0.3) is 0 Å². The van der Waals surface area contributed by atoms with Crippen molar-refractivity contribution in [2.24, 2.45) is 0 Å². The third-order valence-electron chi connectivity index (χ3n) is 4.82. The van der Waals surface area contributed by atoms with E-state index in [1.165, 1.54) is 0 Å². The van der Waals surface area contributed by atoms with E-state index in [2.05, 4.69) is 20.2 Å². The van der Waals surface area contributed by atoms with Crippen molar-refractivity contribution >= 4 is 5.91 Å². The highest BCUT2D eigenvalue weighted by Gasteiger charge is 2.23. The summed E-state index contributed by atoms with van der Waals surface area (Å²) < 4.78 is 13.0. The first-order chi connectivity index (χ1) is 14.3. The molecule has 9 nitrogen and oxygen atoms in total. The Bertz CT molecular complexity index is 896. The van der Waals surface area contributed by atoms with E-state index in [0.29, 0.717) is 50.7 Å². The second kappa shape index (κ2) is 9.42. The van der Waals surface area contributed by atoms with Gasteiger partial charge in [0, 0.05) is 62.9 Å². The van der Waals surface area contributed by atoms with Crippen LogP contribution in [0.4, 0.5) is 0 Å². The third-order valence-corrected chi connectivity index (χ3v) is 4.82. The van der Waals surface area contributed by atoms with Gasteiger partial charge in [0.2, 0.25) is 17.6 Å². The number of pyridine rings is 1. The topological polar surface area (TPSA) is 99.2 Å². The summed E-state index contributed by atoms with van der Waals surface area (Å²) in [6.07, 6.45) is 9.52. The van der Waals surface area contributed by atoms with E-state index in [9.17, 15) is 4.79 Å². The van der Waals surface area contributed by atoms with E-state index < -0.39 is 0 Å². The van der Waals surface area contributed by atoms with Gasteiger partial charge in [-0.25, -0.2) is 0 Å². The van der Waals surface area contributed by atoms with Crippen molar-refractivity contribution in [3.63, 3.8) is 0 Å². The number of aryl methyl sites for hydroxylation is 1. The summed E-state index contributed by atoms with van der Waals surface area (Å²) in [5, 5.41) is 8.21. The molecule has 4 rings (SSSR count). The number of hydrogen-bond donors (Lipinski definition) is 0. The zero-order chi connectivity index (χ0) is 19.9. The van der Waals surface area contributed by atoms with Crippen LogP contribution >= 0.6 is 0 Å². The van der Waals surface area contributed by atoms with Gasteiger partial charge in [-0.3, -0.25) is 14.5 Å². The van der Waals surface area contributed by atoms with Crippen molar-refractivity contribution < 1.29 is 14.1 Å². The van der Waals surface area contributed by atoms with Crippen molar-refractivity contribution in [3.8, 4) is 11.4 Å². The maximum Gasteiger partial charge on any atom is 0.226 e. The monoisotopic (exact) mass is 396 g/mol. The van der Waals surface area contributed by atoms with Gasteiger partial charge in [-0.1, -0.05) is 5.16 Å². The summed E-state index contributed by atoms with van der Waals surface area (Å²) in [6.45, 7) is 2.62. The molecule has 0 saturated carbocycles. The molecule has 1 atom stereocenters. The van der Waals surface area contributed by atoms with Crippen LogP contribution in [0.5, 0.6) is 0 Å². The molecule has 4 heterocycles. The lowest BCUT2D eigenvalue weighted by atomic mass is 10.2. The van der Waals surface area contributed by atoms with Crippen LogP contribution in [-0.2, 0) is 22.5 Å². The first kappa shape index (κ1) is 19.3. The molecule has 0 radical (unpaired) electrons. The van der Waals surface area contributed by atoms with E-state index in [1.807, 2.05) is 34.0 Å². The first-order valence-corrected chi connectivity index (χ1v) is 9.88. The molecule has 0 spiro atoms. The van der Waals surface area contributed by atoms with Crippen molar-refractivity contribution in [2.45, 2.75) is 38.3 Å². The molecule has 3 aromatic rings.